The van der Waals surface area contributed by atoms with Gasteiger partial charge in [0, 0.05) is 19.3 Å². The minimum Gasteiger partial charge on any atom is -0.462 e. The molecule has 0 aromatic heterocycles. The van der Waals surface area contributed by atoms with Crippen LogP contribution >= 0.6 is 0 Å². The molecule has 0 aromatic carbocycles. The summed E-state index contributed by atoms with van der Waals surface area (Å²) >= 11 is 0. The SMILES string of the molecule is CCCCC/C=C\C/C=C\CCCCCCCCCCCC(=O)OC(COC(=O)CCCCCCC/C=C\CCCCCCC)COC(=O)CCCCCCCCCCCCCCCCCCCCCCCCCCCCCCCCCC. The molecular weight excluding hydrogens is 1020 g/mol. The van der Waals surface area contributed by atoms with Crippen LogP contribution in [0.3, 0.4) is 0 Å². The van der Waals surface area contributed by atoms with Crippen LogP contribution in [0, 0.1) is 0 Å². The Bertz CT molecular complexity index is 1380. The van der Waals surface area contributed by atoms with Gasteiger partial charge in [-0.2, -0.15) is 0 Å². The van der Waals surface area contributed by atoms with Gasteiger partial charge in [-0.3, -0.25) is 14.4 Å². The van der Waals surface area contributed by atoms with Crippen molar-refractivity contribution >= 4 is 17.9 Å². The summed E-state index contributed by atoms with van der Waals surface area (Å²) in [6.45, 7) is 6.67. The fraction of sp³-hybridized carbons (Fsp3) is 0.883. The summed E-state index contributed by atoms with van der Waals surface area (Å²) in [7, 11) is 0. The molecule has 0 saturated heterocycles. The number of rotatable bonds is 70. The molecule has 0 heterocycles. The third kappa shape index (κ3) is 70.3. The third-order valence-corrected chi connectivity index (χ3v) is 17.1. The zero-order valence-corrected chi connectivity index (χ0v) is 56.2. The topological polar surface area (TPSA) is 78.9 Å². The van der Waals surface area contributed by atoms with Crippen molar-refractivity contribution in [2.45, 2.75) is 425 Å². The quantitative estimate of drug-likeness (QED) is 0.0261. The number of unbranched alkanes of at least 4 members (excludes halogenated alkanes) is 53. The van der Waals surface area contributed by atoms with E-state index in [0.29, 0.717) is 19.3 Å². The number of carbonyl (C=O) groups excluding carboxylic acids is 3. The van der Waals surface area contributed by atoms with Crippen LogP contribution in [0.25, 0.3) is 0 Å². The van der Waals surface area contributed by atoms with Crippen LogP contribution in [-0.4, -0.2) is 37.2 Å². The van der Waals surface area contributed by atoms with Crippen molar-refractivity contribution in [2.24, 2.45) is 0 Å². The molecule has 488 valence electrons. The van der Waals surface area contributed by atoms with Crippen molar-refractivity contribution in [1.82, 2.24) is 0 Å². The van der Waals surface area contributed by atoms with Crippen LogP contribution in [-0.2, 0) is 28.6 Å². The summed E-state index contributed by atoms with van der Waals surface area (Å²) < 4.78 is 17.0. The minimum atomic E-state index is -0.777. The van der Waals surface area contributed by atoms with Crippen molar-refractivity contribution in [3.63, 3.8) is 0 Å². The Balaban J connectivity index is 4.14. The number of hydrogen-bond acceptors (Lipinski definition) is 6. The molecular formula is C77H144O6. The first-order chi connectivity index (χ1) is 41.0. The largest absolute Gasteiger partial charge is 0.462 e. The number of esters is 3. The van der Waals surface area contributed by atoms with Crippen LogP contribution in [0.1, 0.15) is 419 Å². The zero-order valence-electron chi connectivity index (χ0n) is 56.2. The summed E-state index contributed by atoms with van der Waals surface area (Å²) in [5.41, 5.74) is 0. The van der Waals surface area contributed by atoms with E-state index in [9.17, 15) is 14.4 Å². The summed E-state index contributed by atoms with van der Waals surface area (Å²) in [4.78, 5) is 38.5. The fourth-order valence-corrected chi connectivity index (χ4v) is 11.5. The second-order valence-electron chi connectivity index (χ2n) is 25.6. The summed E-state index contributed by atoms with van der Waals surface area (Å²) in [5, 5.41) is 0. The molecule has 0 aliphatic rings. The first kappa shape index (κ1) is 80.6. The van der Waals surface area contributed by atoms with E-state index in [2.05, 4.69) is 57.2 Å². The molecule has 6 nitrogen and oxygen atoms in total. The van der Waals surface area contributed by atoms with Crippen LogP contribution in [0.4, 0.5) is 0 Å². The zero-order chi connectivity index (χ0) is 59.9. The highest BCUT2D eigenvalue weighted by molar-refractivity contribution is 5.71. The molecule has 0 rings (SSSR count). The maximum atomic E-state index is 13.0. The standard InChI is InChI=1S/C77H144O6/c1-4-7-10-13-16-19-22-25-28-30-32-33-34-35-36-37-38-39-40-41-42-43-44-46-47-49-52-55-58-61-64-67-70-76(79)82-73-74(72-81-75(78)69-66-63-60-57-54-51-27-24-21-18-15-12-9-6-3)83-77(80)71-68-65-62-59-56-53-50-48-45-31-29-26-23-20-17-14-11-8-5-2/h17,20,24,26-27,29,74H,4-16,18-19,21-23,25,28,30-73H2,1-3H3/b20-17-,27-24-,29-26-. The molecule has 0 fully saturated rings. The summed E-state index contributed by atoms with van der Waals surface area (Å²) in [6, 6.07) is 0. The lowest BCUT2D eigenvalue weighted by molar-refractivity contribution is -0.167. The third-order valence-electron chi connectivity index (χ3n) is 17.1. The second-order valence-corrected chi connectivity index (χ2v) is 25.6. The second kappa shape index (κ2) is 72.1. The maximum Gasteiger partial charge on any atom is 0.306 e. The number of ether oxygens (including phenoxy) is 3. The Morgan fingerprint density at radius 1 is 0.241 bits per heavy atom. The van der Waals surface area contributed by atoms with Crippen molar-refractivity contribution in [3.05, 3.63) is 36.5 Å². The fourth-order valence-electron chi connectivity index (χ4n) is 11.5. The van der Waals surface area contributed by atoms with E-state index in [1.54, 1.807) is 0 Å². The number of carbonyl (C=O) groups is 3. The molecule has 1 unspecified atom stereocenters. The van der Waals surface area contributed by atoms with E-state index in [1.807, 2.05) is 0 Å². The number of hydrogen-bond donors (Lipinski definition) is 0. The Morgan fingerprint density at radius 2 is 0.434 bits per heavy atom. The van der Waals surface area contributed by atoms with Gasteiger partial charge in [0.1, 0.15) is 13.2 Å². The average Bonchev–Trinajstić information content (AvgIpc) is 3.49. The summed E-state index contributed by atoms with van der Waals surface area (Å²) in [6.07, 6.45) is 90.6. The highest BCUT2D eigenvalue weighted by Crippen LogP contribution is 2.19. The van der Waals surface area contributed by atoms with Gasteiger partial charge in [0.25, 0.3) is 0 Å². The first-order valence-electron chi connectivity index (χ1n) is 37.5. The maximum absolute atomic E-state index is 13.0. The predicted octanol–water partition coefficient (Wildman–Crippen LogP) is 25.9. The van der Waals surface area contributed by atoms with Gasteiger partial charge in [0.05, 0.1) is 0 Å². The monoisotopic (exact) mass is 1170 g/mol. The molecule has 0 amide bonds. The molecule has 0 aromatic rings. The molecule has 0 radical (unpaired) electrons. The van der Waals surface area contributed by atoms with E-state index in [1.165, 1.54) is 308 Å². The van der Waals surface area contributed by atoms with Crippen molar-refractivity contribution in [1.29, 1.82) is 0 Å². The van der Waals surface area contributed by atoms with Gasteiger partial charge in [-0.05, 0) is 77.0 Å². The molecule has 0 saturated carbocycles. The predicted molar refractivity (Wildman–Crippen MR) is 362 cm³/mol. The lowest BCUT2D eigenvalue weighted by atomic mass is 10.0. The van der Waals surface area contributed by atoms with Crippen molar-refractivity contribution in [3.8, 4) is 0 Å². The molecule has 0 spiro atoms. The molecule has 0 aliphatic carbocycles. The Labute approximate surface area is 518 Å². The Hall–Kier alpha value is -2.37. The Kier molecular flexibility index (Phi) is 70.0. The highest BCUT2D eigenvalue weighted by atomic mass is 16.6. The van der Waals surface area contributed by atoms with Gasteiger partial charge < -0.3 is 14.2 Å². The lowest BCUT2D eigenvalue weighted by Crippen LogP contribution is -2.30. The lowest BCUT2D eigenvalue weighted by Gasteiger charge is -2.18. The van der Waals surface area contributed by atoms with E-state index in [0.717, 1.165) is 70.6 Å². The molecule has 0 aliphatic heterocycles. The molecule has 6 heteroatoms. The van der Waals surface area contributed by atoms with Crippen LogP contribution in [0.5, 0.6) is 0 Å². The molecule has 0 bridgehead atoms. The van der Waals surface area contributed by atoms with Crippen LogP contribution in [0.15, 0.2) is 36.5 Å². The minimum absolute atomic E-state index is 0.0718. The van der Waals surface area contributed by atoms with E-state index >= 15 is 0 Å². The first-order valence-corrected chi connectivity index (χ1v) is 37.5. The Morgan fingerprint density at radius 3 is 0.699 bits per heavy atom. The number of allylic oxidation sites excluding steroid dienone is 6. The van der Waals surface area contributed by atoms with Gasteiger partial charge in [-0.25, -0.2) is 0 Å². The van der Waals surface area contributed by atoms with E-state index in [-0.39, 0.29) is 31.1 Å². The van der Waals surface area contributed by atoms with Gasteiger partial charge in [0.15, 0.2) is 6.10 Å². The smallest absolute Gasteiger partial charge is 0.306 e. The summed E-state index contributed by atoms with van der Waals surface area (Å²) in [5.74, 6) is -0.856. The molecule has 1 atom stereocenters. The van der Waals surface area contributed by atoms with Crippen molar-refractivity contribution < 1.29 is 28.6 Å². The van der Waals surface area contributed by atoms with Crippen LogP contribution < -0.4 is 0 Å². The molecule has 0 N–H and O–H groups in total. The molecule has 83 heavy (non-hydrogen) atoms. The van der Waals surface area contributed by atoms with E-state index in [4.69, 9.17) is 14.2 Å². The average molecular weight is 1170 g/mol. The van der Waals surface area contributed by atoms with Crippen LogP contribution in [0.2, 0.25) is 0 Å². The normalized spacial score (nSPS) is 12.2. The van der Waals surface area contributed by atoms with E-state index < -0.39 is 6.10 Å². The van der Waals surface area contributed by atoms with Gasteiger partial charge in [-0.15, -0.1) is 0 Å². The van der Waals surface area contributed by atoms with Gasteiger partial charge in [-0.1, -0.05) is 359 Å². The van der Waals surface area contributed by atoms with Gasteiger partial charge >= 0.3 is 17.9 Å². The highest BCUT2D eigenvalue weighted by Gasteiger charge is 2.20. The van der Waals surface area contributed by atoms with Gasteiger partial charge in [0.2, 0.25) is 0 Å². The van der Waals surface area contributed by atoms with Crippen molar-refractivity contribution in [2.75, 3.05) is 13.2 Å².